The van der Waals surface area contributed by atoms with Crippen LogP contribution in [0.25, 0.3) is 11.0 Å². The van der Waals surface area contributed by atoms with E-state index in [1.807, 2.05) is 37.5 Å². The van der Waals surface area contributed by atoms with Crippen LogP contribution in [0.15, 0.2) is 47.1 Å². The summed E-state index contributed by atoms with van der Waals surface area (Å²) >= 11 is 0. The van der Waals surface area contributed by atoms with Crippen molar-refractivity contribution in [1.29, 1.82) is 0 Å². The normalized spacial score (nSPS) is 10.9. The fourth-order valence-corrected chi connectivity index (χ4v) is 1.83. The number of fused-ring (bicyclic) bond motifs is 1. The number of para-hydroxylation sites is 1. The van der Waals surface area contributed by atoms with E-state index in [0.29, 0.717) is 6.54 Å². The molecule has 4 nitrogen and oxygen atoms in total. The maximum absolute atomic E-state index is 5.71. The predicted molar refractivity (Wildman–Crippen MR) is 66.7 cm³/mol. The molecule has 17 heavy (non-hydrogen) atoms. The molecule has 0 radical (unpaired) electrons. The zero-order chi connectivity index (χ0) is 11.7. The summed E-state index contributed by atoms with van der Waals surface area (Å²) in [6.45, 7) is 0.667. The summed E-state index contributed by atoms with van der Waals surface area (Å²) in [7, 11) is 1.90. The molecule has 0 atom stereocenters. The minimum Gasteiger partial charge on any atom is -0.459 e. The highest BCUT2D eigenvalue weighted by atomic mass is 16.3. The number of hydrogen-bond acceptors (Lipinski definition) is 3. The number of aromatic nitrogens is 2. The van der Waals surface area contributed by atoms with Gasteiger partial charge in [0, 0.05) is 18.6 Å². The van der Waals surface area contributed by atoms with Gasteiger partial charge < -0.3 is 9.73 Å². The number of anilines is 1. The number of nitrogens with zero attached hydrogens (tertiary/aromatic N) is 2. The topological polar surface area (TPSA) is 43.0 Å². The van der Waals surface area contributed by atoms with Crippen LogP contribution in [0.2, 0.25) is 0 Å². The van der Waals surface area contributed by atoms with Crippen molar-refractivity contribution >= 4 is 16.7 Å². The standard InChI is InChI=1S/C13H13N3O/c1-16-9-11(7-15-16)14-8-12-6-10-4-2-3-5-13(10)17-12/h2-7,9,14H,8H2,1H3. The second kappa shape index (κ2) is 3.97. The zero-order valence-electron chi connectivity index (χ0n) is 9.55. The first-order chi connectivity index (χ1) is 8.31. The van der Waals surface area contributed by atoms with E-state index in [-0.39, 0.29) is 0 Å². The Morgan fingerprint density at radius 2 is 2.24 bits per heavy atom. The lowest BCUT2D eigenvalue weighted by atomic mass is 10.2. The van der Waals surface area contributed by atoms with Crippen LogP contribution in [0.5, 0.6) is 0 Å². The Kier molecular flexibility index (Phi) is 2.33. The molecule has 1 aromatic carbocycles. The monoisotopic (exact) mass is 227 g/mol. The first-order valence-electron chi connectivity index (χ1n) is 5.51. The van der Waals surface area contributed by atoms with Crippen molar-refractivity contribution in [3.05, 3.63) is 48.5 Å². The summed E-state index contributed by atoms with van der Waals surface area (Å²) in [5.74, 6) is 0.926. The number of hydrogen-bond donors (Lipinski definition) is 1. The quantitative estimate of drug-likeness (QED) is 0.748. The summed E-state index contributed by atoms with van der Waals surface area (Å²) in [4.78, 5) is 0. The van der Waals surface area contributed by atoms with Crippen molar-refractivity contribution in [3.63, 3.8) is 0 Å². The van der Waals surface area contributed by atoms with Crippen molar-refractivity contribution in [2.24, 2.45) is 7.05 Å². The van der Waals surface area contributed by atoms with Gasteiger partial charge in [0.15, 0.2) is 0 Å². The molecule has 0 saturated heterocycles. The molecule has 0 aliphatic rings. The molecular formula is C13H13N3O. The highest BCUT2D eigenvalue weighted by molar-refractivity contribution is 5.77. The Morgan fingerprint density at radius 1 is 1.35 bits per heavy atom. The SMILES string of the molecule is Cn1cc(NCc2cc3ccccc3o2)cn1. The molecule has 0 aliphatic carbocycles. The smallest absolute Gasteiger partial charge is 0.134 e. The van der Waals surface area contributed by atoms with Crippen LogP contribution in [-0.4, -0.2) is 9.78 Å². The third-order valence-electron chi connectivity index (χ3n) is 2.65. The van der Waals surface area contributed by atoms with Gasteiger partial charge in [-0.1, -0.05) is 18.2 Å². The Labute approximate surface area is 98.9 Å². The first-order valence-corrected chi connectivity index (χ1v) is 5.51. The predicted octanol–water partition coefficient (Wildman–Crippen LogP) is 2.78. The molecule has 0 amide bonds. The molecule has 0 spiro atoms. The van der Waals surface area contributed by atoms with E-state index in [4.69, 9.17) is 4.42 Å². The lowest BCUT2D eigenvalue weighted by Crippen LogP contribution is -1.96. The fourth-order valence-electron chi connectivity index (χ4n) is 1.83. The molecule has 3 rings (SSSR count). The highest BCUT2D eigenvalue weighted by Crippen LogP contribution is 2.19. The fraction of sp³-hybridized carbons (Fsp3) is 0.154. The molecule has 1 N–H and O–H groups in total. The molecule has 0 saturated carbocycles. The summed E-state index contributed by atoms with van der Waals surface area (Å²) < 4.78 is 7.47. The largest absolute Gasteiger partial charge is 0.459 e. The number of rotatable bonds is 3. The van der Waals surface area contributed by atoms with Crippen LogP contribution in [0.3, 0.4) is 0 Å². The summed E-state index contributed by atoms with van der Waals surface area (Å²) in [6.07, 6.45) is 3.73. The van der Waals surface area contributed by atoms with E-state index in [0.717, 1.165) is 22.4 Å². The van der Waals surface area contributed by atoms with Gasteiger partial charge >= 0.3 is 0 Å². The molecule has 4 heteroatoms. The molecule has 2 heterocycles. The molecule has 86 valence electrons. The van der Waals surface area contributed by atoms with Crippen LogP contribution < -0.4 is 5.32 Å². The van der Waals surface area contributed by atoms with Gasteiger partial charge in [0.05, 0.1) is 18.4 Å². The first kappa shape index (κ1) is 9.96. The third kappa shape index (κ3) is 2.01. The van der Waals surface area contributed by atoms with Crippen molar-refractivity contribution in [2.75, 3.05) is 5.32 Å². The van der Waals surface area contributed by atoms with Crippen LogP contribution in [0.4, 0.5) is 5.69 Å². The molecular weight excluding hydrogens is 214 g/mol. The zero-order valence-corrected chi connectivity index (χ0v) is 9.55. The second-order valence-electron chi connectivity index (χ2n) is 4.01. The molecule has 0 fully saturated rings. The third-order valence-corrected chi connectivity index (χ3v) is 2.65. The average molecular weight is 227 g/mol. The molecule has 3 aromatic rings. The van der Waals surface area contributed by atoms with Gasteiger partial charge in [-0.2, -0.15) is 5.10 Å². The van der Waals surface area contributed by atoms with E-state index >= 15 is 0 Å². The van der Waals surface area contributed by atoms with E-state index in [1.165, 1.54) is 0 Å². The van der Waals surface area contributed by atoms with Crippen molar-refractivity contribution < 1.29 is 4.42 Å². The van der Waals surface area contributed by atoms with Gasteiger partial charge in [-0.15, -0.1) is 0 Å². The molecule has 0 unspecified atom stereocenters. The number of furan rings is 1. The summed E-state index contributed by atoms with van der Waals surface area (Å²) in [5.41, 5.74) is 1.92. The number of nitrogens with one attached hydrogen (secondary N) is 1. The van der Waals surface area contributed by atoms with Gasteiger partial charge in [0.2, 0.25) is 0 Å². The van der Waals surface area contributed by atoms with Crippen molar-refractivity contribution in [2.45, 2.75) is 6.54 Å². The Morgan fingerprint density at radius 3 is 3.00 bits per heavy atom. The van der Waals surface area contributed by atoms with Gasteiger partial charge in [-0.3, -0.25) is 4.68 Å². The van der Waals surface area contributed by atoms with Crippen molar-refractivity contribution in [1.82, 2.24) is 9.78 Å². The highest BCUT2D eigenvalue weighted by Gasteiger charge is 2.03. The minimum absolute atomic E-state index is 0.667. The maximum Gasteiger partial charge on any atom is 0.134 e. The lowest BCUT2D eigenvalue weighted by molar-refractivity contribution is 0.559. The van der Waals surface area contributed by atoms with Crippen LogP contribution in [0.1, 0.15) is 5.76 Å². The second-order valence-corrected chi connectivity index (χ2v) is 4.01. The summed E-state index contributed by atoms with van der Waals surface area (Å²) in [6, 6.07) is 10.1. The lowest BCUT2D eigenvalue weighted by Gasteiger charge is -1.98. The van der Waals surface area contributed by atoms with E-state index in [2.05, 4.69) is 16.5 Å². The molecule has 0 aliphatic heterocycles. The van der Waals surface area contributed by atoms with Gasteiger partial charge in [-0.25, -0.2) is 0 Å². The van der Waals surface area contributed by atoms with E-state index in [1.54, 1.807) is 10.9 Å². The minimum atomic E-state index is 0.667. The van der Waals surface area contributed by atoms with Crippen LogP contribution in [0, 0.1) is 0 Å². The summed E-state index contributed by atoms with van der Waals surface area (Å²) in [5, 5.41) is 8.50. The number of aryl methyl sites for hydroxylation is 1. The Hall–Kier alpha value is -2.23. The van der Waals surface area contributed by atoms with E-state index in [9.17, 15) is 0 Å². The van der Waals surface area contributed by atoms with Gasteiger partial charge in [0.1, 0.15) is 11.3 Å². The van der Waals surface area contributed by atoms with Crippen LogP contribution >= 0.6 is 0 Å². The Bertz CT molecular complexity index is 606. The maximum atomic E-state index is 5.71. The molecule has 0 bridgehead atoms. The molecule has 2 aromatic heterocycles. The van der Waals surface area contributed by atoms with E-state index < -0.39 is 0 Å². The average Bonchev–Trinajstić information content (AvgIpc) is 2.91. The number of benzene rings is 1. The van der Waals surface area contributed by atoms with Gasteiger partial charge in [-0.05, 0) is 12.1 Å². The van der Waals surface area contributed by atoms with Crippen LogP contribution in [-0.2, 0) is 13.6 Å². The Balaban J connectivity index is 1.76. The van der Waals surface area contributed by atoms with Gasteiger partial charge in [0.25, 0.3) is 0 Å². The van der Waals surface area contributed by atoms with Crippen molar-refractivity contribution in [3.8, 4) is 0 Å².